The quantitative estimate of drug-likeness (QED) is 0.768. The van der Waals surface area contributed by atoms with E-state index in [4.69, 9.17) is 10.5 Å². The Morgan fingerprint density at radius 1 is 1.23 bits per heavy atom. The molecule has 2 aliphatic rings. The molecule has 0 spiro atoms. The molecule has 0 aromatic heterocycles. The van der Waals surface area contributed by atoms with Gasteiger partial charge in [-0.25, -0.2) is 4.39 Å². The van der Waals surface area contributed by atoms with Crippen LogP contribution in [0.5, 0.6) is 0 Å². The van der Waals surface area contributed by atoms with Crippen LogP contribution in [0.15, 0.2) is 24.3 Å². The van der Waals surface area contributed by atoms with E-state index in [1.807, 2.05) is 12.1 Å². The fourth-order valence-electron chi connectivity index (χ4n) is 4.06. The first-order chi connectivity index (χ1) is 12.6. The van der Waals surface area contributed by atoms with Crippen molar-refractivity contribution in [2.24, 2.45) is 11.7 Å². The zero-order valence-electron chi connectivity index (χ0n) is 15.4. The fourth-order valence-corrected chi connectivity index (χ4v) is 4.06. The number of nitrogens with zero attached hydrogens (tertiary/aromatic N) is 2. The van der Waals surface area contributed by atoms with Crippen LogP contribution in [0.3, 0.4) is 0 Å². The van der Waals surface area contributed by atoms with E-state index in [1.165, 1.54) is 6.07 Å². The SMILES string of the molecule is NC(=O)CN(CC1CCN(Cc2ccccc2F)CC1)CC1CCCO1. The summed E-state index contributed by atoms with van der Waals surface area (Å²) in [6, 6.07) is 7.00. The summed E-state index contributed by atoms with van der Waals surface area (Å²) in [5.41, 5.74) is 6.19. The Morgan fingerprint density at radius 3 is 2.65 bits per heavy atom. The summed E-state index contributed by atoms with van der Waals surface area (Å²) in [6.07, 6.45) is 4.53. The number of carbonyl (C=O) groups excluding carboxylic acids is 1. The zero-order valence-corrected chi connectivity index (χ0v) is 15.4. The molecular weight excluding hydrogens is 333 g/mol. The van der Waals surface area contributed by atoms with Crippen molar-refractivity contribution in [2.75, 3.05) is 39.3 Å². The van der Waals surface area contributed by atoms with E-state index in [9.17, 15) is 9.18 Å². The molecule has 2 saturated heterocycles. The number of amides is 1. The van der Waals surface area contributed by atoms with Gasteiger partial charge < -0.3 is 10.5 Å². The monoisotopic (exact) mass is 363 g/mol. The van der Waals surface area contributed by atoms with Gasteiger partial charge in [0, 0.05) is 31.8 Å². The second-order valence-corrected chi connectivity index (χ2v) is 7.61. The van der Waals surface area contributed by atoms with Gasteiger partial charge in [-0.1, -0.05) is 18.2 Å². The summed E-state index contributed by atoms with van der Waals surface area (Å²) in [5, 5.41) is 0. The minimum absolute atomic E-state index is 0.126. The molecule has 1 aromatic rings. The van der Waals surface area contributed by atoms with E-state index in [2.05, 4.69) is 9.80 Å². The summed E-state index contributed by atoms with van der Waals surface area (Å²) in [5.74, 6) is 0.145. The maximum absolute atomic E-state index is 13.8. The first-order valence-corrected chi connectivity index (χ1v) is 9.68. The number of likely N-dealkylation sites (tertiary alicyclic amines) is 1. The van der Waals surface area contributed by atoms with Crippen LogP contribution in [-0.4, -0.2) is 61.1 Å². The van der Waals surface area contributed by atoms with Crippen LogP contribution in [0, 0.1) is 11.7 Å². The van der Waals surface area contributed by atoms with E-state index in [-0.39, 0.29) is 17.8 Å². The number of piperidine rings is 1. The molecule has 0 aliphatic carbocycles. The van der Waals surface area contributed by atoms with E-state index in [1.54, 1.807) is 6.07 Å². The summed E-state index contributed by atoms with van der Waals surface area (Å²) < 4.78 is 19.5. The number of rotatable bonds is 8. The number of nitrogens with two attached hydrogens (primary N) is 1. The van der Waals surface area contributed by atoms with Crippen LogP contribution in [0.1, 0.15) is 31.2 Å². The second kappa shape index (κ2) is 9.44. The van der Waals surface area contributed by atoms with Crippen LogP contribution in [-0.2, 0) is 16.1 Å². The maximum Gasteiger partial charge on any atom is 0.231 e. The molecule has 1 atom stereocenters. The van der Waals surface area contributed by atoms with Crippen molar-refractivity contribution in [3.63, 3.8) is 0 Å². The first kappa shape index (κ1) is 19.3. The Labute approximate surface area is 155 Å². The van der Waals surface area contributed by atoms with E-state index in [0.29, 0.717) is 19.0 Å². The molecule has 6 heteroatoms. The first-order valence-electron chi connectivity index (χ1n) is 9.68. The van der Waals surface area contributed by atoms with Crippen molar-refractivity contribution in [1.82, 2.24) is 9.80 Å². The molecule has 0 bridgehead atoms. The van der Waals surface area contributed by atoms with Gasteiger partial charge in [-0.2, -0.15) is 0 Å². The van der Waals surface area contributed by atoms with Gasteiger partial charge in [0.15, 0.2) is 0 Å². The van der Waals surface area contributed by atoms with Crippen LogP contribution in [0.25, 0.3) is 0 Å². The molecule has 0 saturated carbocycles. The highest BCUT2D eigenvalue weighted by atomic mass is 19.1. The summed E-state index contributed by atoms with van der Waals surface area (Å²) in [6.45, 7) is 5.39. The number of benzene rings is 1. The molecule has 1 amide bonds. The lowest BCUT2D eigenvalue weighted by molar-refractivity contribution is -0.119. The Hall–Kier alpha value is -1.50. The minimum atomic E-state index is -0.278. The highest BCUT2D eigenvalue weighted by molar-refractivity contribution is 5.75. The predicted octanol–water partition coefficient (Wildman–Crippen LogP) is 2.00. The number of halogens is 1. The number of hydrogen-bond donors (Lipinski definition) is 1. The third-order valence-corrected chi connectivity index (χ3v) is 5.44. The van der Waals surface area contributed by atoms with Gasteiger partial charge in [-0.05, 0) is 50.8 Å². The van der Waals surface area contributed by atoms with Crippen LogP contribution in [0.2, 0.25) is 0 Å². The highest BCUT2D eigenvalue weighted by Gasteiger charge is 2.25. The molecule has 26 heavy (non-hydrogen) atoms. The summed E-state index contributed by atoms with van der Waals surface area (Å²) in [7, 11) is 0. The zero-order chi connectivity index (χ0) is 18.4. The molecule has 0 radical (unpaired) electrons. The van der Waals surface area contributed by atoms with Gasteiger partial charge in [0.2, 0.25) is 5.91 Å². The molecule has 144 valence electrons. The topological polar surface area (TPSA) is 58.8 Å². The van der Waals surface area contributed by atoms with Crippen LogP contribution < -0.4 is 5.73 Å². The predicted molar refractivity (Wildman–Crippen MR) is 99.0 cm³/mol. The number of primary amides is 1. The van der Waals surface area contributed by atoms with E-state index in [0.717, 1.165) is 64.0 Å². The summed E-state index contributed by atoms with van der Waals surface area (Å²) >= 11 is 0. The average Bonchev–Trinajstić information content (AvgIpc) is 3.11. The molecule has 2 aliphatic heterocycles. The van der Waals surface area contributed by atoms with E-state index < -0.39 is 0 Å². The second-order valence-electron chi connectivity index (χ2n) is 7.61. The molecule has 3 rings (SSSR count). The average molecular weight is 363 g/mol. The van der Waals surface area contributed by atoms with Crippen molar-refractivity contribution in [3.05, 3.63) is 35.6 Å². The van der Waals surface area contributed by atoms with Gasteiger partial charge in [0.1, 0.15) is 5.82 Å². The summed E-state index contributed by atoms with van der Waals surface area (Å²) in [4.78, 5) is 15.9. The molecule has 2 N–H and O–H groups in total. The highest BCUT2D eigenvalue weighted by Crippen LogP contribution is 2.22. The Bertz CT molecular complexity index is 584. The molecule has 5 nitrogen and oxygen atoms in total. The van der Waals surface area contributed by atoms with E-state index >= 15 is 0 Å². The molecular formula is C20H30FN3O2. The van der Waals surface area contributed by atoms with Crippen molar-refractivity contribution >= 4 is 5.91 Å². The molecule has 2 fully saturated rings. The molecule has 2 heterocycles. The molecule has 1 unspecified atom stereocenters. The number of carbonyl (C=O) groups is 1. The third kappa shape index (κ3) is 5.76. The van der Waals surface area contributed by atoms with Gasteiger partial charge >= 0.3 is 0 Å². The largest absolute Gasteiger partial charge is 0.377 e. The van der Waals surface area contributed by atoms with Crippen molar-refractivity contribution < 1.29 is 13.9 Å². The van der Waals surface area contributed by atoms with Crippen LogP contribution >= 0.6 is 0 Å². The van der Waals surface area contributed by atoms with Crippen molar-refractivity contribution in [3.8, 4) is 0 Å². The smallest absolute Gasteiger partial charge is 0.231 e. The standard InChI is InChI=1S/C20H30FN3O2/c21-19-6-2-1-4-17(19)13-23-9-7-16(8-10-23)12-24(15-20(22)25)14-18-5-3-11-26-18/h1-2,4,6,16,18H,3,5,7-15H2,(H2,22,25). The lowest BCUT2D eigenvalue weighted by atomic mass is 9.95. The third-order valence-electron chi connectivity index (χ3n) is 5.44. The Morgan fingerprint density at radius 2 is 2.00 bits per heavy atom. The fraction of sp³-hybridized carbons (Fsp3) is 0.650. The van der Waals surface area contributed by atoms with Gasteiger partial charge in [0.25, 0.3) is 0 Å². The van der Waals surface area contributed by atoms with Crippen molar-refractivity contribution in [1.29, 1.82) is 0 Å². The minimum Gasteiger partial charge on any atom is -0.377 e. The van der Waals surface area contributed by atoms with Crippen LogP contribution in [0.4, 0.5) is 4.39 Å². The normalized spacial score (nSPS) is 22.2. The molecule has 1 aromatic carbocycles. The van der Waals surface area contributed by atoms with Gasteiger partial charge in [-0.3, -0.25) is 14.6 Å². The number of hydrogen-bond acceptors (Lipinski definition) is 4. The lowest BCUT2D eigenvalue weighted by Crippen LogP contribution is -2.44. The van der Waals surface area contributed by atoms with Crippen molar-refractivity contribution in [2.45, 2.75) is 38.3 Å². The number of ether oxygens (including phenoxy) is 1. The Balaban J connectivity index is 1.46. The Kier molecular flexibility index (Phi) is 7.00. The maximum atomic E-state index is 13.8. The van der Waals surface area contributed by atoms with Gasteiger partial charge in [0.05, 0.1) is 12.6 Å². The lowest BCUT2D eigenvalue weighted by Gasteiger charge is -2.35. The van der Waals surface area contributed by atoms with Gasteiger partial charge in [-0.15, -0.1) is 0 Å².